The van der Waals surface area contributed by atoms with Crippen LogP contribution >= 0.6 is 0 Å². The third-order valence-electron chi connectivity index (χ3n) is 3.56. The average Bonchev–Trinajstić information content (AvgIpc) is 2.36. The van der Waals surface area contributed by atoms with Crippen LogP contribution in [0.2, 0.25) is 0 Å². The minimum atomic E-state index is -0.279. The lowest BCUT2D eigenvalue weighted by Gasteiger charge is -2.32. The summed E-state index contributed by atoms with van der Waals surface area (Å²) >= 11 is 0. The first kappa shape index (κ1) is 16.2. The largest absolute Gasteiger partial charge is 0.392 e. The van der Waals surface area contributed by atoms with E-state index in [1.54, 1.807) is 0 Å². The first-order valence-electron chi connectivity index (χ1n) is 7.34. The lowest BCUT2D eigenvalue weighted by molar-refractivity contribution is -0.127. The van der Waals surface area contributed by atoms with Crippen LogP contribution in [0, 0.1) is 5.92 Å². The second-order valence-electron chi connectivity index (χ2n) is 5.76. The number of hydrogen-bond donors (Lipinski definition) is 2. The van der Waals surface area contributed by atoms with E-state index < -0.39 is 0 Å². The van der Waals surface area contributed by atoms with Crippen LogP contribution in [0.5, 0.6) is 0 Å². The highest BCUT2D eigenvalue weighted by molar-refractivity contribution is 5.78. The van der Waals surface area contributed by atoms with Gasteiger partial charge in [0.15, 0.2) is 0 Å². The molecule has 1 atom stereocenters. The van der Waals surface area contributed by atoms with E-state index in [-0.39, 0.29) is 24.0 Å². The van der Waals surface area contributed by atoms with Crippen LogP contribution in [0.3, 0.4) is 0 Å². The maximum Gasteiger partial charge on any atom is 0.223 e. The molecule has 1 aliphatic rings. The Morgan fingerprint density at radius 2 is 2.11 bits per heavy atom. The molecule has 1 amide bonds. The number of carbonyl (C=O) groups excluding carboxylic acids is 1. The van der Waals surface area contributed by atoms with Gasteiger partial charge in [0.2, 0.25) is 5.91 Å². The van der Waals surface area contributed by atoms with Gasteiger partial charge in [0, 0.05) is 18.5 Å². The van der Waals surface area contributed by atoms with Crippen LogP contribution in [0.25, 0.3) is 0 Å². The molecule has 4 nitrogen and oxygen atoms in total. The van der Waals surface area contributed by atoms with E-state index in [1.165, 1.54) is 0 Å². The Morgan fingerprint density at radius 3 is 2.63 bits per heavy atom. The van der Waals surface area contributed by atoms with Crippen molar-refractivity contribution in [3.63, 3.8) is 0 Å². The summed E-state index contributed by atoms with van der Waals surface area (Å²) in [6, 6.07) is 0.214. The first-order valence-corrected chi connectivity index (χ1v) is 7.34. The number of amides is 1. The van der Waals surface area contributed by atoms with Gasteiger partial charge in [0.05, 0.1) is 6.10 Å². The number of β-amino-alcohol motifs (C(OH)–C–C–N with tert-alkyl or cyclic N) is 1. The molecule has 0 spiro atoms. The monoisotopic (exact) mass is 268 g/mol. The van der Waals surface area contributed by atoms with Gasteiger partial charge in [-0.1, -0.05) is 6.08 Å². The second kappa shape index (κ2) is 8.33. The Hall–Kier alpha value is -0.870. The van der Waals surface area contributed by atoms with E-state index in [4.69, 9.17) is 0 Å². The van der Waals surface area contributed by atoms with Crippen LogP contribution in [0.4, 0.5) is 0 Å². The quantitative estimate of drug-likeness (QED) is 0.689. The Balaban J connectivity index is 2.24. The van der Waals surface area contributed by atoms with E-state index in [1.807, 2.05) is 19.9 Å². The van der Waals surface area contributed by atoms with Gasteiger partial charge in [0.1, 0.15) is 0 Å². The number of rotatable bonds is 7. The van der Waals surface area contributed by atoms with Crippen molar-refractivity contribution in [2.75, 3.05) is 19.6 Å². The number of aliphatic hydroxyl groups is 1. The molecule has 110 valence electrons. The predicted octanol–water partition coefficient (Wildman–Crippen LogP) is 1.55. The number of aliphatic hydroxyl groups excluding tert-OH is 1. The average molecular weight is 268 g/mol. The molecule has 19 heavy (non-hydrogen) atoms. The normalized spacial score (nSPS) is 19.4. The highest BCUT2D eigenvalue weighted by Crippen LogP contribution is 2.18. The molecule has 0 aromatic heterocycles. The molecule has 1 rings (SSSR count). The number of hydrogen-bond acceptors (Lipinski definition) is 3. The topological polar surface area (TPSA) is 52.6 Å². The zero-order valence-corrected chi connectivity index (χ0v) is 12.3. The molecule has 0 saturated carbocycles. The number of likely N-dealkylation sites (tertiary alicyclic amines) is 1. The SMILES string of the molecule is C=CCC[C@@H](O)CN1CCC(C(=O)NC(C)C)CC1. The van der Waals surface area contributed by atoms with Crippen molar-refractivity contribution in [2.24, 2.45) is 5.92 Å². The molecule has 0 aliphatic carbocycles. The predicted molar refractivity (Wildman–Crippen MR) is 77.9 cm³/mol. The van der Waals surface area contributed by atoms with E-state index >= 15 is 0 Å². The van der Waals surface area contributed by atoms with Gasteiger partial charge >= 0.3 is 0 Å². The number of allylic oxidation sites excluding steroid dienone is 1. The van der Waals surface area contributed by atoms with Crippen LogP contribution < -0.4 is 5.32 Å². The molecule has 0 aromatic carbocycles. The summed E-state index contributed by atoms with van der Waals surface area (Å²) in [5.41, 5.74) is 0. The Kier molecular flexibility index (Phi) is 7.10. The standard InChI is InChI=1S/C15H28N2O2/c1-4-5-6-14(18)11-17-9-7-13(8-10-17)15(19)16-12(2)3/h4,12-14,18H,1,5-11H2,2-3H3,(H,16,19)/t14-/m1/s1. The summed E-state index contributed by atoms with van der Waals surface area (Å²) in [6.45, 7) is 10.2. The van der Waals surface area contributed by atoms with Gasteiger partial charge in [-0.05, 0) is 52.6 Å². The third kappa shape index (κ3) is 6.21. The van der Waals surface area contributed by atoms with E-state index in [9.17, 15) is 9.90 Å². The lowest BCUT2D eigenvalue weighted by atomic mass is 9.95. The van der Waals surface area contributed by atoms with Gasteiger partial charge in [-0.3, -0.25) is 4.79 Å². The number of piperidine rings is 1. The van der Waals surface area contributed by atoms with E-state index in [2.05, 4.69) is 16.8 Å². The Bertz CT molecular complexity index is 284. The van der Waals surface area contributed by atoms with Gasteiger partial charge < -0.3 is 15.3 Å². The smallest absolute Gasteiger partial charge is 0.223 e. The maximum atomic E-state index is 11.9. The summed E-state index contributed by atoms with van der Waals surface area (Å²) < 4.78 is 0. The Morgan fingerprint density at radius 1 is 1.47 bits per heavy atom. The molecule has 0 radical (unpaired) electrons. The summed E-state index contributed by atoms with van der Waals surface area (Å²) in [7, 11) is 0. The van der Waals surface area contributed by atoms with Crippen molar-refractivity contribution >= 4 is 5.91 Å². The van der Waals surface area contributed by atoms with Crippen molar-refractivity contribution in [3.05, 3.63) is 12.7 Å². The molecule has 1 heterocycles. The van der Waals surface area contributed by atoms with E-state index in [0.29, 0.717) is 6.54 Å². The van der Waals surface area contributed by atoms with Crippen LogP contribution in [-0.4, -0.2) is 47.7 Å². The maximum absolute atomic E-state index is 11.9. The Labute approximate surface area is 116 Å². The number of carbonyl (C=O) groups is 1. The highest BCUT2D eigenvalue weighted by atomic mass is 16.3. The highest BCUT2D eigenvalue weighted by Gasteiger charge is 2.25. The molecular weight excluding hydrogens is 240 g/mol. The molecule has 0 bridgehead atoms. The molecule has 0 unspecified atom stereocenters. The molecule has 1 saturated heterocycles. The van der Waals surface area contributed by atoms with Crippen molar-refractivity contribution in [1.29, 1.82) is 0 Å². The van der Waals surface area contributed by atoms with Crippen LogP contribution in [0.1, 0.15) is 39.5 Å². The van der Waals surface area contributed by atoms with Gasteiger partial charge in [-0.2, -0.15) is 0 Å². The summed E-state index contributed by atoms with van der Waals surface area (Å²) in [6.07, 6.45) is 4.98. The zero-order chi connectivity index (χ0) is 14.3. The molecular formula is C15H28N2O2. The zero-order valence-electron chi connectivity index (χ0n) is 12.3. The van der Waals surface area contributed by atoms with Crippen LogP contribution in [0.15, 0.2) is 12.7 Å². The molecule has 4 heteroatoms. The van der Waals surface area contributed by atoms with Crippen molar-refractivity contribution in [1.82, 2.24) is 10.2 Å². The third-order valence-corrected chi connectivity index (χ3v) is 3.56. The molecule has 0 aromatic rings. The van der Waals surface area contributed by atoms with Gasteiger partial charge in [0.25, 0.3) is 0 Å². The summed E-state index contributed by atoms with van der Waals surface area (Å²) in [5, 5.41) is 12.8. The fourth-order valence-corrected chi connectivity index (χ4v) is 2.48. The van der Waals surface area contributed by atoms with Crippen LogP contribution in [-0.2, 0) is 4.79 Å². The fraction of sp³-hybridized carbons (Fsp3) is 0.800. The first-order chi connectivity index (χ1) is 9.02. The number of nitrogens with one attached hydrogen (secondary N) is 1. The molecule has 2 N–H and O–H groups in total. The molecule has 1 aliphatic heterocycles. The number of nitrogens with zero attached hydrogens (tertiary/aromatic N) is 1. The second-order valence-corrected chi connectivity index (χ2v) is 5.76. The van der Waals surface area contributed by atoms with Gasteiger partial charge in [-0.15, -0.1) is 6.58 Å². The summed E-state index contributed by atoms with van der Waals surface area (Å²) in [5.74, 6) is 0.325. The minimum absolute atomic E-state index is 0.143. The van der Waals surface area contributed by atoms with Crippen molar-refractivity contribution in [2.45, 2.75) is 51.7 Å². The van der Waals surface area contributed by atoms with Gasteiger partial charge in [-0.25, -0.2) is 0 Å². The summed E-state index contributed by atoms with van der Waals surface area (Å²) in [4.78, 5) is 14.1. The lowest BCUT2D eigenvalue weighted by Crippen LogP contribution is -2.44. The van der Waals surface area contributed by atoms with Crippen molar-refractivity contribution in [3.8, 4) is 0 Å². The molecule has 1 fully saturated rings. The fourth-order valence-electron chi connectivity index (χ4n) is 2.48. The van der Waals surface area contributed by atoms with E-state index in [0.717, 1.165) is 38.8 Å². The minimum Gasteiger partial charge on any atom is -0.392 e. The van der Waals surface area contributed by atoms with Crippen molar-refractivity contribution < 1.29 is 9.90 Å².